The van der Waals surface area contributed by atoms with Gasteiger partial charge >= 0.3 is 0 Å². The van der Waals surface area contributed by atoms with Gasteiger partial charge in [0.05, 0.1) is 5.75 Å². The Hall–Kier alpha value is -0.0600. The molecule has 4 heteroatoms. The number of benzene rings is 1. The molecule has 1 aliphatic carbocycles. The molecule has 0 aliphatic heterocycles. The lowest BCUT2D eigenvalue weighted by Crippen LogP contribution is -2.03. The summed E-state index contributed by atoms with van der Waals surface area (Å²) in [5.74, 6) is 3.88. The topological polar surface area (TPSA) is 17.1 Å². The Kier molecular flexibility index (Phi) is 5.52. The standard InChI is InChI=1S/C14H18OS3/c15-14(13-1-2-13)9-18-8-12-4-10(6-16)3-11(5-12)7-17/h3-5,13,16-17H,1-2,6-9H2. The van der Waals surface area contributed by atoms with Gasteiger partial charge in [-0.15, -0.1) is 11.8 Å². The molecule has 0 heterocycles. The fraction of sp³-hybridized carbons (Fsp3) is 0.500. The van der Waals surface area contributed by atoms with E-state index in [1.165, 1.54) is 16.7 Å². The van der Waals surface area contributed by atoms with Crippen molar-refractivity contribution >= 4 is 42.8 Å². The van der Waals surface area contributed by atoms with Crippen LogP contribution in [0.15, 0.2) is 18.2 Å². The van der Waals surface area contributed by atoms with E-state index < -0.39 is 0 Å². The summed E-state index contributed by atoms with van der Waals surface area (Å²) in [7, 11) is 0. The van der Waals surface area contributed by atoms with E-state index in [9.17, 15) is 4.79 Å². The predicted octanol–water partition coefficient (Wildman–Crippen LogP) is 3.76. The van der Waals surface area contributed by atoms with Crippen LogP contribution in [0.4, 0.5) is 0 Å². The minimum absolute atomic E-state index is 0.384. The summed E-state index contributed by atoms with van der Waals surface area (Å²) in [4.78, 5) is 11.6. The largest absolute Gasteiger partial charge is 0.298 e. The van der Waals surface area contributed by atoms with Crippen LogP contribution in [-0.2, 0) is 22.1 Å². The minimum atomic E-state index is 0.384. The van der Waals surface area contributed by atoms with Gasteiger partial charge in [0.1, 0.15) is 5.78 Å². The van der Waals surface area contributed by atoms with Gasteiger partial charge in [0.15, 0.2) is 0 Å². The van der Waals surface area contributed by atoms with E-state index in [1.54, 1.807) is 11.8 Å². The molecular weight excluding hydrogens is 280 g/mol. The van der Waals surface area contributed by atoms with Crippen LogP contribution in [0, 0.1) is 5.92 Å². The summed E-state index contributed by atoms with van der Waals surface area (Å²) in [6.07, 6.45) is 2.22. The Morgan fingerprint density at radius 3 is 2.17 bits per heavy atom. The van der Waals surface area contributed by atoms with Gasteiger partial charge in [0, 0.05) is 23.2 Å². The molecule has 1 nitrogen and oxygen atoms in total. The maximum Gasteiger partial charge on any atom is 0.145 e. The Morgan fingerprint density at radius 1 is 1.11 bits per heavy atom. The van der Waals surface area contributed by atoms with E-state index in [2.05, 4.69) is 43.5 Å². The van der Waals surface area contributed by atoms with E-state index >= 15 is 0 Å². The molecule has 0 spiro atoms. The number of thioether (sulfide) groups is 1. The van der Waals surface area contributed by atoms with E-state index in [4.69, 9.17) is 0 Å². The highest BCUT2D eigenvalue weighted by molar-refractivity contribution is 7.99. The number of thiol groups is 2. The summed E-state index contributed by atoms with van der Waals surface area (Å²) in [6, 6.07) is 6.49. The zero-order chi connectivity index (χ0) is 13.0. The van der Waals surface area contributed by atoms with E-state index in [-0.39, 0.29) is 0 Å². The molecule has 0 aromatic heterocycles. The molecule has 0 N–H and O–H groups in total. The van der Waals surface area contributed by atoms with Gasteiger partial charge in [-0.3, -0.25) is 4.79 Å². The van der Waals surface area contributed by atoms with Gasteiger partial charge in [0.25, 0.3) is 0 Å². The number of ketones is 1. The zero-order valence-electron chi connectivity index (χ0n) is 10.3. The van der Waals surface area contributed by atoms with Gasteiger partial charge in [-0.05, 0) is 29.5 Å². The molecule has 0 saturated heterocycles. The van der Waals surface area contributed by atoms with E-state index in [0.717, 1.165) is 30.1 Å². The number of rotatable bonds is 7. The molecule has 98 valence electrons. The van der Waals surface area contributed by atoms with Gasteiger partial charge in [-0.2, -0.15) is 25.3 Å². The Balaban J connectivity index is 1.89. The smallest absolute Gasteiger partial charge is 0.145 e. The zero-order valence-corrected chi connectivity index (χ0v) is 12.9. The first-order chi connectivity index (χ1) is 8.72. The van der Waals surface area contributed by atoms with Crippen molar-refractivity contribution in [3.8, 4) is 0 Å². The molecule has 0 unspecified atom stereocenters. The van der Waals surface area contributed by atoms with Crippen molar-refractivity contribution in [2.45, 2.75) is 30.1 Å². The fourth-order valence-corrected chi connectivity index (χ4v) is 3.20. The Labute approximate surface area is 124 Å². The number of hydrogen-bond acceptors (Lipinski definition) is 4. The molecule has 0 atom stereocenters. The lowest BCUT2D eigenvalue weighted by atomic mass is 10.1. The number of carbonyl (C=O) groups excluding carboxylic acids is 1. The summed E-state index contributed by atoms with van der Waals surface area (Å²) >= 11 is 10.4. The Morgan fingerprint density at radius 2 is 1.67 bits per heavy atom. The molecule has 1 fully saturated rings. The highest BCUT2D eigenvalue weighted by atomic mass is 32.2. The number of Topliss-reactive ketones (excluding diaryl/α,β-unsaturated/α-hetero) is 1. The van der Waals surface area contributed by atoms with Crippen LogP contribution in [0.2, 0.25) is 0 Å². The average molecular weight is 298 g/mol. The molecule has 0 amide bonds. The third kappa shape index (κ3) is 4.25. The molecule has 1 aromatic carbocycles. The van der Waals surface area contributed by atoms with Gasteiger partial charge in [-0.1, -0.05) is 18.2 Å². The van der Waals surface area contributed by atoms with Crippen LogP contribution >= 0.6 is 37.0 Å². The van der Waals surface area contributed by atoms with Crippen LogP contribution in [0.25, 0.3) is 0 Å². The summed E-state index contributed by atoms with van der Waals surface area (Å²) < 4.78 is 0. The quantitative estimate of drug-likeness (QED) is 0.746. The predicted molar refractivity (Wildman–Crippen MR) is 85.7 cm³/mol. The van der Waals surface area contributed by atoms with Crippen LogP contribution < -0.4 is 0 Å². The third-order valence-corrected chi connectivity index (χ3v) is 4.78. The van der Waals surface area contributed by atoms with Crippen molar-refractivity contribution in [3.63, 3.8) is 0 Å². The molecule has 0 bridgehead atoms. The summed E-state index contributed by atoms with van der Waals surface area (Å²) in [6.45, 7) is 0. The third-order valence-electron chi connectivity index (χ3n) is 3.02. The first-order valence-electron chi connectivity index (χ1n) is 6.17. The van der Waals surface area contributed by atoms with Crippen molar-refractivity contribution in [1.29, 1.82) is 0 Å². The molecule has 1 saturated carbocycles. The van der Waals surface area contributed by atoms with Gasteiger partial charge < -0.3 is 0 Å². The molecule has 0 radical (unpaired) electrons. The second-order valence-corrected chi connectivity index (χ2v) is 6.33. The molecule has 1 aliphatic rings. The Bertz CT molecular complexity index is 405. The normalized spacial score (nSPS) is 14.8. The highest BCUT2D eigenvalue weighted by Crippen LogP contribution is 2.31. The fourth-order valence-electron chi connectivity index (χ4n) is 1.90. The van der Waals surface area contributed by atoms with Crippen LogP contribution in [0.1, 0.15) is 29.5 Å². The second-order valence-electron chi connectivity index (χ2n) is 4.71. The maximum absolute atomic E-state index is 11.6. The molecule has 2 rings (SSSR count). The summed E-state index contributed by atoms with van der Waals surface area (Å²) in [5.41, 5.74) is 3.74. The van der Waals surface area contributed by atoms with Gasteiger partial charge in [-0.25, -0.2) is 0 Å². The lowest BCUT2D eigenvalue weighted by Gasteiger charge is -2.07. The lowest BCUT2D eigenvalue weighted by molar-refractivity contribution is -0.117. The van der Waals surface area contributed by atoms with Crippen LogP contribution in [0.5, 0.6) is 0 Å². The first kappa shape index (κ1) is 14.4. The molecule has 1 aromatic rings. The molecule has 18 heavy (non-hydrogen) atoms. The number of hydrogen-bond donors (Lipinski definition) is 2. The van der Waals surface area contributed by atoms with E-state index in [1.807, 2.05) is 0 Å². The van der Waals surface area contributed by atoms with Crippen LogP contribution in [0.3, 0.4) is 0 Å². The average Bonchev–Trinajstić information content (AvgIpc) is 3.22. The molecular formula is C14H18OS3. The first-order valence-corrected chi connectivity index (χ1v) is 8.58. The van der Waals surface area contributed by atoms with Crippen molar-refractivity contribution < 1.29 is 4.79 Å². The summed E-state index contributed by atoms with van der Waals surface area (Å²) in [5, 5.41) is 0. The van der Waals surface area contributed by atoms with Crippen molar-refractivity contribution in [2.24, 2.45) is 5.92 Å². The highest BCUT2D eigenvalue weighted by Gasteiger charge is 2.28. The second kappa shape index (κ2) is 6.92. The number of carbonyl (C=O) groups is 1. The van der Waals surface area contributed by atoms with Gasteiger partial charge in [0.2, 0.25) is 0 Å². The van der Waals surface area contributed by atoms with E-state index in [0.29, 0.717) is 17.5 Å². The van der Waals surface area contributed by atoms with Crippen molar-refractivity contribution in [3.05, 3.63) is 34.9 Å². The SMILES string of the molecule is O=C(CSCc1cc(CS)cc(CS)c1)C1CC1. The maximum atomic E-state index is 11.6. The van der Waals surface area contributed by atoms with Crippen LogP contribution in [-0.4, -0.2) is 11.5 Å². The van der Waals surface area contributed by atoms with Crippen molar-refractivity contribution in [1.82, 2.24) is 0 Å². The minimum Gasteiger partial charge on any atom is -0.298 e. The van der Waals surface area contributed by atoms with Crippen molar-refractivity contribution in [2.75, 3.05) is 5.75 Å². The monoisotopic (exact) mass is 298 g/mol.